The second-order valence-corrected chi connectivity index (χ2v) is 10.1. The first-order valence-electron chi connectivity index (χ1n) is 8.25. The number of sulfonamides is 1. The summed E-state index contributed by atoms with van der Waals surface area (Å²) in [5, 5.41) is 3.58. The normalized spacial score (nSPS) is 12.0. The Balaban J connectivity index is 2.03. The Morgan fingerprint density at radius 1 is 1.18 bits per heavy atom. The zero-order valence-electron chi connectivity index (χ0n) is 15.6. The van der Waals surface area contributed by atoms with E-state index in [1.54, 1.807) is 19.9 Å². The van der Waals surface area contributed by atoms with Crippen molar-refractivity contribution in [1.82, 2.24) is 4.31 Å². The van der Waals surface area contributed by atoms with Crippen molar-refractivity contribution in [3.05, 3.63) is 57.2 Å². The number of rotatable bonds is 4. The predicted molar refractivity (Wildman–Crippen MR) is 112 cm³/mol. The molecule has 0 saturated carbocycles. The van der Waals surface area contributed by atoms with Crippen molar-refractivity contribution in [2.24, 2.45) is 0 Å². The number of amides is 1. The van der Waals surface area contributed by atoms with Crippen molar-refractivity contribution in [3.8, 4) is 0 Å². The van der Waals surface area contributed by atoms with Crippen LogP contribution in [0.15, 0.2) is 35.2 Å². The van der Waals surface area contributed by atoms with Crippen molar-refractivity contribution in [3.63, 3.8) is 0 Å². The highest BCUT2D eigenvalue weighted by Gasteiger charge is 2.22. The zero-order chi connectivity index (χ0) is 20.8. The van der Waals surface area contributed by atoms with E-state index in [0.717, 1.165) is 26.8 Å². The average molecular weight is 441 g/mol. The SMILES string of the molecule is Cc1cc(S(=O)(=O)N(C)C)cc(NC(=O)c2sc3cc(F)ccc3c2Cl)c1C. The van der Waals surface area contributed by atoms with Crippen molar-refractivity contribution in [2.75, 3.05) is 19.4 Å². The molecule has 0 aliphatic rings. The quantitative estimate of drug-likeness (QED) is 0.632. The van der Waals surface area contributed by atoms with Gasteiger partial charge in [-0.2, -0.15) is 0 Å². The van der Waals surface area contributed by atoms with Crippen LogP contribution in [0, 0.1) is 19.7 Å². The van der Waals surface area contributed by atoms with Gasteiger partial charge in [-0.05, 0) is 55.3 Å². The maximum atomic E-state index is 13.4. The fourth-order valence-corrected chi connectivity index (χ4v) is 5.13. The van der Waals surface area contributed by atoms with Gasteiger partial charge < -0.3 is 5.32 Å². The minimum absolute atomic E-state index is 0.0837. The van der Waals surface area contributed by atoms with Gasteiger partial charge in [-0.1, -0.05) is 11.6 Å². The first kappa shape index (κ1) is 20.7. The number of carbonyl (C=O) groups excluding carboxylic acids is 1. The molecule has 5 nitrogen and oxygen atoms in total. The van der Waals surface area contributed by atoms with E-state index >= 15 is 0 Å². The number of hydrogen-bond donors (Lipinski definition) is 1. The highest BCUT2D eigenvalue weighted by Crippen LogP contribution is 2.36. The molecule has 3 aromatic rings. The van der Waals surface area contributed by atoms with E-state index in [-0.39, 0.29) is 14.8 Å². The summed E-state index contributed by atoms with van der Waals surface area (Å²) in [4.78, 5) is 13.1. The molecule has 0 saturated heterocycles. The third kappa shape index (κ3) is 3.65. The minimum atomic E-state index is -3.66. The Bertz CT molecular complexity index is 1200. The first-order valence-corrected chi connectivity index (χ1v) is 10.9. The Morgan fingerprint density at radius 2 is 1.86 bits per heavy atom. The lowest BCUT2D eigenvalue weighted by atomic mass is 10.1. The Labute approximate surface area is 171 Å². The van der Waals surface area contributed by atoms with Crippen LogP contribution >= 0.6 is 22.9 Å². The summed E-state index contributed by atoms with van der Waals surface area (Å²) in [6, 6.07) is 7.12. The second-order valence-electron chi connectivity index (χ2n) is 6.54. The van der Waals surface area contributed by atoms with Gasteiger partial charge in [0.05, 0.1) is 9.92 Å². The molecule has 0 unspecified atom stereocenters. The van der Waals surface area contributed by atoms with E-state index in [9.17, 15) is 17.6 Å². The molecule has 1 heterocycles. The van der Waals surface area contributed by atoms with Crippen molar-refractivity contribution in [2.45, 2.75) is 18.7 Å². The van der Waals surface area contributed by atoms with Crippen LogP contribution in [0.2, 0.25) is 5.02 Å². The van der Waals surface area contributed by atoms with Crippen LogP contribution in [-0.4, -0.2) is 32.7 Å². The Hall–Kier alpha value is -2.00. The van der Waals surface area contributed by atoms with Gasteiger partial charge in [0.1, 0.15) is 10.7 Å². The number of fused-ring (bicyclic) bond motifs is 1. The molecule has 9 heteroatoms. The second kappa shape index (κ2) is 7.44. The number of thiophene rings is 1. The molecular formula is C19H18ClFN2O3S2. The molecule has 1 aromatic heterocycles. The third-order valence-corrected chi connectivity index (χ3v) is 7.91. The van der Waals surface area contributed by atoms with Gasteiger partial charge in [-0.15, -0.1) is 11.3 Å². The van der Waals surface area contributed by atoms with Crippen LogP contribution in [-0.2, 0) is 10.0 Å². The maximum Gasteiger partial charge on any atom is 0.267 e. The standard InChI is InChI=1S/C19H18ClFN2O3S2/c1-10-7-13(28(25,26)23(3)4)9-15(11(10)2)22-19(24)18-17(20)14-6-5-12(21)8-16(14)27-18/h5-9H,1-4H3,(H,22,24). The lowest BCUT2D eigenvalue weighted by Gasteiger charge is -2.16. The van der Waals surface area contributed by atoms with Crippen LogP contribution in [0.25, 0.3) is 10.1 Å². The monoisotopic (exact) mass is 440 g/mol. The highest BCUT2D eigenvalue weighted by atomic mass is 35.5. The molecule has 2 aromatic carbocycles. The molecule has 3 rings (SSSR count). The summed E-state index contributed by atoms with van der Waals surface area (Å²) >= 11 is 7.39. The lowest BCUT2D eigenvalue weighted by molar-refractivity contribution is 0.103. The van der Waals surface area contributed by atoms with Gasteiger partial charge in [0, 0.05) is 29.9 Å². The molecule has 0 aliphatic heterocycles. The van der Waals surface area contributed by atoms with Gasteiger partial charge in [-0.25, -0.2) is 17.1 Å². The van der Waals surface area contributed by atoms with E-state index in [1.807, 2.05) is 0 Å². The third-order valence-electron chi connectivity index (χ3n) is 4.47. The molecule has 148 valence electrons. The minimum Gasteiger partial charge on any atom is -0.321 e. The van der Waals surface area contributed by atoms with Crippen LogP contribution in [0.4, 0.5) is 10.1 Å². The molecule has 28 heavy (non-hydrogen) atoms. The van der Waals surface area contributed by atoms with Gasteiger partial charge in [0.15, 0.2) is 0 Å². The van der Waals surface area contributed by atoms with Crippen LogP contribution < -0.4 is 5.32 Å². The van der Waals surface area contributed by atoms with Crippen LogP contribution in [0.3, 0.4) is 0 Å². The topological polar surface area (TPSA) is 66.5 Å². The molecule has 0 radical (unpaired) electrons. The largest absolute Gasteiger partial charge is 0.321 e. The van der Waals surface area contributed by atoms with Crippen LogP contribution in [0.5, 0.6) is 0 Å². The van der Waals surface area contributed by atoms with E-state index in [2.05, 4.69) is 5.32 Å². The fraction of sp³-hybridized carbons (Fsp3) is 0.211. The summed E-state index contributed by atoms with van der Waals surface area (Å²) in [5.41, 5.74) is 1.85. The number of benzene rings is 2. The summed E-state index contributed by atoms with van der Waals surface area (Å²) in [6.07, 6.45) is 0. The summed E-state index contributed by atoms with van der Waals surface area (Å²) < 4.78 is 40.1. The predicted octanol–water partition coefficient (Wildman–Crippen LogP) is 4.81. The number of halogens is 2. The van der Waals surface area contributed by atoms with E-state index in [0.29, 0.717) is 15.8 Å². The molecule has 1 N–H and O–H groups in total. The average Bonchev–Trinajstić information content (AvgIpc) is 2.94. The summed E-state index contributed by atoms with van der Waals surface area (Å²) in [5.74, 6) is -0.890. The fourth-order valence-electron chi connectivity index (χ4n) is 2.68. The number of hydrogen-bond acceptors (Lipinski definition) is 4. The van der Waals surface area contributed by atoms with Crippen molar-refractivity contribution in [1.29, 1.82) is 0 Å². The smallest absolute Gasteiger partial charge is 0.267 e. The zero-order valence-corrected chi connectivity index (χ0v) is 18.0. The van der Waals surface area contributed by atoms with E-state index < -0.39 is 21.7 Å². The number of nitrogens with one attached hydrogen (secondary N) is 1. The van der Waals surface area contributed by atoms with Gasteiger partial charge >= 0.3 is 0 Å². The summed E-state index contributed by atoms with van der Waals surface area (Å²) in [6.45, 7) is 3.56. The van der Waals surface area contributed by atoms with Gasteiger partial charge in [0.2, 0.25) is 10.0 Å². The number of anilines is 1. The van der Waals surface area contributed by atoms with Crippen molar-refractivity contribution < 1.29 is 17.6 Å². The molecule has 0 fully saturated rings. The van der Waals surface area contributed by atoms with Gasteiger partial charge in [-0.3, -0.25) is 4.79 Å². The molecule has 0 aliphatic carbocycles. The first-order chi connectivity index (χ1) is 13.0. The molecule has 0 bridgehead atoms. The highest BCUT2D eigenvalue weighted by molar-refractivity contribution is 7.89. The van der Waals surface area contributed by atoms with Crippen LogP contribution in [0.1, 0.15) is 20.8 Å². The molecule has 1 amide bonds. The number of aryl methyl sites for hydroxylation is 1. The van der Waals surface area contributed by atoms with E-state index in [4.69, 9.17) is 11.6 Å². The number of carbonyl (C=O) groups is 1. The summed E-state index contributed by atoms with van der Waals surface area (Å²) in [7, 11) is -0.769. The maximum absolute atomic E-state index is 13.4. The Morgan fingerprint density at radius 3 is 2.50 bits per heavy atom. The van der Waals surface area contributed by atoms with E-state index in [1.165, 1.54) is 38.4 Å². The molecular weight excluding hydrogens is 423 g/mol. The Kier molecular flexibility index (Phi) is 5.51. The van der Waals surface area contributed by atoms with Crippen molar-refractivity contribution >= 4 is 54.6 Å². The van der Waals surface area contributed by atoms with Gasteiger partial charge in [0.25, 0.3) is 5.91 Å². The molecule has 0 atom stereocenters. The number of nitrogens with zero attached hydrogens (tertiary/aromatic N) is 1. The lowest BCUT2D eigenvalue weighted by Crippen LogP contribution is -2.23. The molecule has 0 spiro atoms.